The summed E-state index contributed by atoms with van der Waals surface area (Å²) in [6.45, 7) is 5.75. The van der Waals surface area contributed by atoms with E-state index in [1.54, 1.807) is 18.5 Å². The number of carboxylic acids is 1. The second kappa shape index (κ2) is 6.72. The topological polar surface area (TPSA) is 82.5 Å². The molecule has 1 heterocycles. The number of aryl methyl sites for hydroxylation is 1. The molecule has 0 unspecified atom stereocenters. The van der Waals surface area contributed by atoms with E-state index in [1.165, 1.54) is 4.90 Å². The van der Waals surface area contributed by atoms with Crippen LogP contribution in [-0.4, -0.2) is 39.6 Å². The second-order valence-corrected chi connectivity index (χ2v) is 4.61. The summed E-state index contributed by atoms with van der Waals surface area (Å²) in [5, 5.41) is 11.4. The molecule has 0 aliphatic carbocycles. The van der Waals surface area contributed by atoms with Gasteiger partial charge in [0.2, 0.25) is 0 Å². The minimum Gasteiger partial charge on any atom is -0.481 e. The van der Waals surface area contributed by atoms with Crippen LogP contribution in [0.2, 0.25) is 0 Å². The van der Waals surface area contributed by atoms with Crippen LogP contribution in [0.3, 0.4) is 0 Å². The molecule has 0 bridgehead atoms. The first-order valence-electron chi connectivity index (χ1n) is 6.11. The van der Waals surface area contributed by atoms with Gasteiger partial charge in [-0.15, -0.1) is 0 Å². The fourth-order valence-electron chi connectivity index (χ4n) is 1.63. The SMILES string of the molecule is Cc1cncc(NC(=O)N(CCC(=O)O)C(C)C)c1. The Bertz CT molecular complexity index is 460. The molecule has 2 N–H and O–H groups in total. The van der Waals surface area contributed by atoms with Crippen molar-refractivity contribution < 1.29 is 14.7 Å². The third kappa shape index (κ3) is 4.95. The van der Waals surface area contributed by atoms with Gasteiger partial charge in [0.25, 0.3) is 0 Å². The lowest BCUT2D eigenvalue weighted by atomic mass is 10.3. The van der Waals surface area contributed by atoms with Crippen molar-refractivity contribution in [3.63, 3.8) is 0 Å². The molecule has 104 valence electrons. The Balaban J connectivity index is 2.69. The van der Waals surface area contributed by atoms with Crippen LogP contribution in [0.15, 0.2) is 18.5 Å². The minimum atomic E-state index is -0.921. The third-order valence-electron chi connectivity index (χ3n) is 2.58. The smallest absolute Gasteiger partial charge is 0.322 e. The van der Waals surface area contributed by atoms with Crippen molar-refractivity contribution in [2.24, 2.45) is 0 Å². The maximum Gasteiger partial charge on any atom is 0.322 e. The highest BCUT2D eigenvalue weighted by Gasteiger charge is 2.18. The molecule has 0 saturated carbocycles. The van der Waals surface area contributed by atoms with E-state index in [0.717, 1.165) is 5.56 Å². The van der Waals surface area contributed by atoms with E-state index in [4.69, 9.17) is 5.11 Å². The number of hydrogen-bond donors (Lipinski definition) is 2. The molecule has 1 rings (SSSR count). The third-order valence-corrected chi connectivity index (χ3v) is 2.58. The van der Waals surface area contributed by atoms with E-state index >= 15 is 0 Å². The highest BCUT2D eigenvalue weighted by molar-refractivity contribution is 5.89. The van der Waals surface area contributed by atoms with Crippen LogP contribution >= 0.6 is 0 Å². The largest absolute Gasteiger partial charge is 0.481 e. The van der Waals surface area contributed by atoms with Crippen molar-refractivity contribution in [2.75, 3.05) is 11.9 Å². The van der Waals surface area contributed by atoms with Crippen LogP contribution in [0, 0.1) is 6.92 Å². The molecule has 1 aromatic heterocycles. The van der Waals surface area contributed by atoms with E-state index in [2.05, 4.69) is 10.3 Å². The summed E-state index contributed by atoms with van der Waals surface area (Å²) < 4.78 is 0. The normalized spacial score (nSPS) is 10.3. The average Bonchev–Trinajstić information content (AvgIpc) is 2.28. The number of anilines is 1. The quantitative estimate of drug-likeness (QED) is 0.854. The molecular weight excluding hydrogens is 246 g/mol. The average molecular weight is 265 g/mol. The highest BCUT2D eigenvalue weighted by atomic mass is 16.4. The summed E-state index contributed by atoms with van der Waals surface area (Å²) >= 11 is 0. The first-order valence-corrected chi connectivity index (χ1v) is 6.11. The van der Waals surface area contributed by atoms with Gasteiger partial charge in [-0.3, -0.25) is 9.78 Å². The van der Waals surface area contributed by atoms with E-state index < -0.39 is 5.97 Å². The Labute approximate surface area is 112 Å². The Morgan fingerprint density at radius 3 is 2.63 bits per heavy atom. The van der Waals surface area contributed by atoms with Gasteiger partial charge < -0.3 is 15.3 Å². The van der Waals surface area contributed by atoms with Crippen LogP contribution in [-0.2, 0) is 4.79 Å². The summed E-state index contributed by atoms with van der Waals surface area (Å²) in [5.74, 6) is -0.921. The number of carbonyl (C=O) groups is 2. The molecule has 0 aliphatic rings. The monoisotopic (exact) mass is 265 g/mol. The molecule has 0 atom stereocenters. The molecular formula is C13H19N3O3. The number of hydrogen-bond acceptors (Lipinski definition) is 3. The lowest BCUT2D eigenvalue weighted by molar-refractivity contribution is -0.137. The lowest BCUT2D eigenvalue weighted by Gasteiger charge is -2.26. The molecule has 0 radical (unpaired) electrons. The van der Waals surface area contributed by atoms with E-state index in [9.17, 15) is 9.59 Å². The lowest BCUT2D eigenvalue weighted by Crippen LogP contribution is -2.41. The van der Waals surface area contributed by atoms with E-state index in [-0.39, 0.29) is 25.0 Å². The van der Waals surface area contributed by atoms with Gasteiger partial charge in [0.15, 0.2) is 0 Å². The number of rotatable bonds is 5. The Morgan fingerprint density at radius 2 is 2.11 bits per heavy atom. The van der Waals surface area contributed by atoms with Gasteiger partial charge in [0.1, 0.15) is 0 Å². The van der Waals surface area contributed by atoms with Crippen molar-refractivity contribution in [1.82, 2.24) is 9.88 Å². The zero-order valence-corrected chi connectivity index (χ0v) is 11.4. The second-order valence-electron chi connectivity index (χ2n) is 4.61. The minimum absolute atomic E-state index is 0.0718. The van der Waals surface area contributed by atoms with Crippen molar-refractivity contribution in [3.8, 4) is 0 Å². The van der Waals surface area contributed by atoms with E-state index in [1.807, 2.05) is 20.8 Å². The van der Waals surface area contributed by atoms with Gasteiger partial charge in [-0.1, -0.05) is 0 Å². The van der Waals surface area contributed by atoms with Crippen LogP contribution in [0.5, 0.6) is 0 Å². The standard InChI is InChI=1S/C13H19N3O3/c1-9(2)16(5-4-12(17)18)13(19)15-11-6-10(3)7-14-8-11/h6-9H,4-5H2,1-3H3,(H,15,19)(H,17,18). The summed E-state index contributed by atoms with van der Waals surface area (Å²) in [5.41, 5.74) is 1.55. The van der Waals surface area contributed by atoms with Gasteiger partial charge in [-0.25, -0.2) is 4.79 Å². The molecule has 1 aromatic rings. The maximum atomic E-state index is 12.1. The highest BCUT2D eigenvalue weighted by Crippen LogP contribution is 2.10. The van der Waals surface area contributed by atoms with Gasteiger partial charge in [-0.2, -0.15) is 0 Å². The first kappa shape index (κ1) is 14.9. The summed E-state index contributed by atoms with van der Waals surface area (Å²) in [4.78, 5) is 28.1. The molecule has 2 amide bonds. The van der Waals surface area contributed by atoms with Crippen LogP contribution in [0.4, 0.5) is 10.5 Å². The molecule has 6 nitrogen and oxygen atoms in total. The Hall–Kier alpha value is -2.11. The van der Waals surface area contributed by atoms with Crippen LogP contribution in [0.25, 0.3) is 0 Å². The number of nitrogens with zero attached hydrogens (tertiary/aromatic N) is 2. The predicted molar refractivity (Wildman–Crippen MR) is 72.1 cm³/mol. The number of aromatic nitrogens is 1. The predicted octanol–water partition coefficient (Wildman–Crippen LogP) is 2.11. The maximum absolute atomic E-state index is 12.1. The first-order chi connectivity index (χ1) is 8.90. The van der Waals surface area contributed by atoms with Crippen molar-refractivity contribution in [1.29, 1.82) is 0 Å². The zero-order valence-electron chi connectivity index (χ0n) is 11.4. The summed E-state index contributed by atoms with van der Waals surface area (Å²) in [6, 6.07) is 1.42. The fourth-order valence-corrected chi connectivity index (χ4v) is 1.63. The number of amides is 2. The number of nitrogens with one attached hydrogen (secondary N) is 1. The number of urea groups is 1. The van der Waals surface area contributed by atoms with Crippen molar-refractivity contribution in [2.45, 2.75) is 33.2 Å². The fraction of sp³-hybridized carbons (Fsp3) is 0.462. The number of aliphatic carboxylic acids is 1. The van der Waals surface area contributed by atoms with Crippen molar-refractivity contribution in [3.05, 3.63) is 24.0 Å². The van der Waals surface area contributed by atoms with Gasteiger partial charge >= 0.3 is 12.0 Å². The molecule has 6 heteroatoms. The molecule has 0 aromatic carbocycles. The summed E-state index contributed by atoms with van der Waals surface area (Å²) in [6.07, 6.45) is 3.18. The molecule has 0 spiro atoms. The van der Waals surface area contributed by atoms with Crippen LogP contribution in [0.1, 0.15) is 25.8 Å². The Morgan fingerprint density at radius 1 is 1.42 bits per heavy atom. The number of pyridine rings is 1. The van der Waals surface area contributed by atoms with Crippen LogP contribution < -0.4 is 5.32 Å². The van der Waals surface area contributed by atoms with E-state index in [0.29, 0.717) is 5.69 Å². The number of carbonyl (C=O) groups excluding carboxylic acids is 1. The Kier molecular flexibility index (Phi) is 5.29. The van der Waals surface area contributed by atoms with Gasteiger partial charge in [-0.05, 0) is 32.4 Å². The molecule has 0 aliphatic heterocycles. The zero-order chi connectivity index (χ0) is 14.4. The van der Waals surface area contributed by atoms with Gasteiger partial charge in [0.05, 0.1) is 18.3 Å². The van der Waals surface area contributed by atoms with Gasteiger partial charge in [0, 0.05) is 18.8 Å². The summed E-state index contributed by atoms with van der Waals surface area (Å²) in [7, 11) is 0. The number of carboxylic acid groups (broad SMARTS) is 1. The molecule has 0 saturated heterocycles. The molecule has 0 fully saturated rings. The molecule has 19 heavy (non-hydrogen) atoms. The van der Waals surface area contributed by atoms with Crippen molar-refractivity contribution >= 4 is 17.7 Å².